The average molecular weight is 432 g/mol. The number of nitrogens with zero attached hydrogens (tertiary/aromatic N) is 2. The minimum absolute atomic E-state index is 0. The Bertz CT molecular complexity index is 698. The van der Waals surface area contributed by atoms with Crippen LogP contribution >= 0.6 is 0 Å². The van der Waals surface area contributed by atoms with E-state index in [1.54, 1.807) is 0 Å². The molecule has 95 valence electrons. The summed E-state index contributed by atoms with van der Waals surface area (Å²) >= 11 is 0. The van der Waals surface area contributed by atoms with E-state index in [-0.39, 0.29) is 20.1 Å². The van der Waals surface area contributed by atoms with Crippen molar-refractivity contribution in [3.63, 3.8) is 0 Å². The molecule has 0 saturated heterocycles. The van der Waals surface area contributed by atoms with Crippen LogP contribution < -0.4 is 5.19 Å². The van der Waals surface area contributed by atoms with Gasteiger partial charge in [0.25, 0.3) is 0 Å². The van der Waals surface area contributed by atoms with Crippen molar-refractivity contribution >= 4 is 29.7 Å². The molecule has 18 heavy (non-hydrogen) atoms. The Balaban J connectivity index is 0.00000120. The first-order chi connectivity index (χ1) is 8.05. The van der Waals surface area contributed by atoms with Crippen molar-refractivity contribution in [3.05, 3.63) is 42.9 Å². The summed E-state index contributed by atoms with van der Waals surface area (Å²) in [5, 5.41) is 3.80. The van der Waals surface area contributed by atoms with Crippen LogP contribution in [0.25, 0.3) is 16.4 Å². The van der Waals surface area contributed by atoms with E-state index in [0.29, 0.717) is 0 Å². The molecule has 0 spiro atoms. The quantitative estimate of drug-likeness (QED) is 0.428. The van der Waals surface area contributed by atoms with Crippen molar-refractivity contribution in [3.8, 4) is 0 Å². The molecule has 0 atom stereocenters. The van der Waals surface area contributed by atoms with Crippen LogP contribution in [0, 0.1) is 6.07 Å². The second kappa shape index (κ2) is 4.61. The largest absolute Gasteiger partial charge is 0.347 e. The Morgan fingerprint density at radius 3 is 2.72 bits per heavy atom. The summed E-state index contributed by atoms with van der Waals surface area (Å²) in [7, 11) is -1.26. The van der Waals surface area contributed by atoms with E-state index in [1.807, 2.05) is 16.8 Å². The maximum atomic E-state index is 4.38. The van der Waals surface area contributed by atoms with Crippen molar-refractivity contribution in [2.75, 3.05) is 0 Å². The molecule has 2 heterocycles. The van der Waals surface area contributed by atoms with Gasteiger partial charge in [-0.15, -0.1) is 34.2 Å². The van der Waals surface area contributed by atoms with Gasteiger partial charge in [-0.3, -0.25) is 4.98 Å². The van der Waals surface area contributed by atoms with Gasteiger partial charge in [0, 0.05) is 40.6 Å². The third kappa shape index (κ3) is 2.16. The molecule has 0 aliphatic carbocycles. The summed E-state index contributed by atoms with van der Waals surface area (Å²) in [6, 6.07) is 9.99. The first-order valence-corrected chi connectivity index (χ1v) is 9.33. The zero-order chi connectivity index (χ0) is 12.0. The Morgan fingerprint density at radius 2 is 2.00 bits per heavy atom. The molecule has 1 radical (unpaired) electrons. The monoisotopic (exact) mass is 432 g/mol. The van der Waals surface area contributed by atoms with Crippen molar-refractivity contribution in [2.24, 2.45) is 0 Å². The first-order valence-electron chi connectivity index (χ1n) is 5.83. The summed E-state index contributed by atoms with van der Waals surface area (Å²) in [5.41, 5.74) is 0.990. The molecule has 0 aliphatic heterocycles. The molecule has 0 unspecified atom stereocenters. The standard InChI is InChI=1S/C14H15N2Si.Ir/c1-17(2,3)12-4-5-13-11(10-12)6-8-16-9-7-15-14(13)16;/h4,6-10H,1-3H3;/q-1;. The maximum Gasteiger partial charge on any atom is 0.0603 e. The minimum atomic E-state index is -1.26. The van der Waals surface area contributed by atoms with Gasteiger partial charge in [-0.25, -0.2) is 0 Å². The van der Waals surface area contributed by atoms with Crippen LogP contribution in [0.15, 0.2) is 36.8 Å². The number of benzene rings is 1. The third-order valence-corrected chi connectivity index (χ3v) is 5.17. The number of hydrogen-bond acceptors (Lipinski definition) is 1. The van der Waals surface area contributed by atoms with Crippen LogP contribution in [0.2, 0.25) is 19.6 Å². The van der Waals surface area contributed by atoms with E-state index in [9.17, 15) is 0 Å². The summed E-state index contributed by atoms with van der Waals surface area (Å²) in [5.74, 6) is 0. The van der Waals surface area contributed by atoms with Crippen LogP contribution in [0.3, 0.4) is 0 Å². The van der Waals surface area contributed by atoms with Gasteiger partial charge in [-0.1, -0.05) is 25.7 Å². The zero-order valence-electron chi connectivity index (χ0n) is 10.7. The number of pyridine rings is 1. The SMILES string of the molecule is C[Si](C)(C)c1c[c-]c2c(ccn3ccnc23)c1.[Ir]. The molecule has 4 heteroatoms. The summed E-state index contributed by atoms with van der Waals surface area (Å²) in [4.78, 5) is 4.38. The number of aromatic nitrogens is 2. The Morgan fingerprint density at radius 1 is 1.22 bits per heavy atom. The van der Waals surface area contributed by atoms with Crippen LogP contribution in [0.1, 0.15) is 0 Å². The molecular weight excluding hydrogens is 416 g/mol. The summed E-state index contributed by atoms with van der Waals surface area (Å²) in [6.07, 6.45) is 5.86. The molecule has 1 aromatic carbocycles. The van der Waals surface area contributed by atoms with Crippen LogP contribution in [0.4, 0.5) is 0 Å². The van der Waals surface area contributed by atoms with Gasteiger partial charge in [0.15, 0.2) is 0 Å². The predicted octanol–water partition coefficient (Wildman–Crippen LogP) is 2.83. The molecule has 0 N–H and O–H groups in total. The first kappa shape index (κ1) is 13.5. The average Bonchev–Trinajstić information content (AvgIpc) is 2.75. The fourth-order valence-electron chi connectivity index (χ4n) is 2.06. The molecule has 3 rings (SSSR count). The molecule has 0 aliphatic rings. The fourth-order valence-corrected chi connectivity index (χ4v) is 3.15. The van der Waals surface area contributed by atoms with Crippen LogP contribution in [-0.2, 0) is 20.1 Å². The second-order valence-electron chi connectivity index (χ2n) is 5.44. The topological polar surface area (TPSA) is 17.3 Å². The molecule has 3 aromatic rings. The number of hydrogen-bond donors (Lipinski definition) is 0. The van der Waals surface area contributed by atoms with Gasteiger partial charge in [0.1, 0.15) is 0 Å². The van der Waals surface area contributed by atoms with Crippen molar-refractivity contribution < 1.29 is 20.1 Å². The van der Waals surface area contributed by atoms with E-state index in [0.717, 1.165) is 11.0 Å². The van der Waals surface area contributed by atoms with Crippen molar-refractivity contribution in [2.45, 2.75) is 19.6 Å². The summed E-state index contributed by atoms with van der Waals surface area (Å²) in [6.45, 7) is 7.07. The predicted molar refractivity (Wildman–Crippen MR) is 74.5 cm³/mol. The third-order valence-electron chi connectivity index (χ3n) is 3.14. The van der Waals surface area contributed by atoms with Gasteiger partial charge in [-0.05, 0) is 6.20 Å². The van der Waals surface area contributed by atoms with Gasteiger partial charge in [0.2, 0.25) is 0 Å². The molecule has 2 nitrogen and oxygen atoms in total. The van der Waals surface area contributed by atoms with Crippen LogP contribution in [0.5, 0.6) is 0 Å². The summed E-state index contributed by atoms with van der Waals surface area (Å²) < 4.78 is 2.03. The maximum absolute atomic E-state index is 4.38. The molecule has 0 amide bonds. The van der Waals surface area contributed by atoms with E-state index < -0.39 is 8.07 Å². The smallest absolute Gasteiger partial charge is 0.0603 e. The van der Waals surface area contributed by atoms with Crippen molar-refractivity contribution in [1.29, 1.82) is 0 Å². The second-order valence-corrected chi connectivity index (χ2v) is 10.5. The zero-order valence-corrected chi connectivity index (χ0v) is 14.1. The van der Waals surface area contributed by atoms with Gasteiger partial charge in [0.05, 0.1) is 5.65 Å². The number of imidazole rings is 1. The van der Waals surface area contributed by atoms with E-state index in [2.05, 4.69) is 55.1 Å². The van der Waals surface area contributed by atoms with E-state index >= 15 is 0 Å². The molecule has 0 bridgehead atoms. The molecular formula is C14H15IrN2Si-. The normalized spacial score (nSPS) is 11.7. The van der Waals surface area contributed by atoms with Gasteiger partial charge < -0.3 is 4.40 Å². The van der Waals surface area contributed by atoms with Crippen molar-refractivity contribution in [1.82, 2.24) is 9.38 Å². The van der Waals surface area contributed by atoms with Crippen LogP contribution in [-0.4, -0.2) is 17.5 Å². The number of rotatable bonds is 1. The number of fused-ring (bicyclic) bond motifs is 3. The molecule has 0 fully saturated rings. The van der Waals surface area contributed by atoms with Gasteiger partial charge in [-0.2, -0.15) is 0 Å². The fraction of sp³-hybridized carbons (Fsp3) is 0.214. The Labute approximate surface area is 121 Å². The molecule has 0 saturated carbocycles. The molecule has 2 aromatic heterocycles. The Hall–Kier alpha value is -0.964. The van der Waals surface area contributed by atoms with E-state index in [4.69, 9.17) is 0 Å². The Kier molecular flexibility index (Phi) is 3.45. The van der Waals surface area contributed by atoms with Gasteiger partial charge >= 0.3 is 0 Å². The van der Waals surface area contributed by atoms with E-state index in [1.165, 1.54) is 10.6 Å². The minimum Gasteiger partial charge on any atom is -0.347 e.